The average molecular weight is 314 g/mol. The Kier molecular flexibility index (Phi) is 5.47. The molecule has 1 aromatic carbocycles. The third-order valence-corrected chi connectivity index (χ3v) is 3.29. The molecule has 1 rings (SSSR count). The molecule has 0 spiro atoms. The van der Waals surface area contributed by atoms with E-state index in [1.165, 1.54) is 12.1 Å². The van der Waals surface area contributed by atoms with E-state index in [-0.39, 0.29) is 11.5 Å². The van der Waals surface area contributed by atoms with Crippen LogP contribution < -0.4 is 0 Å². The maximum absolute atomic E-state index is 11.6. The molecule has 0 saturated carbocycles. The van der Waals surface area contributed by atoms with E-state index in [4.69, 9.17) is 0 Å². The van der Waals surface area contributed by atoms with Gasteiger partial charge in [-0.2, -0.15) is 0 Å². The Labute approximate surface area is 115 Å². The molecule has 4 nitrogen and oxygen atoms in total. The van der Waals surface area contributed by atoms with Crippen LogP contribution in [0.5, 0.6) is 0 Å². The number of nitrogens with zero attached hydrogens (tertiary/aromatic N) is 1. The summed E-state index contributed by atoms with van der Waals surface area (Å²) in [4.78, 5) is 21.7. The van der Waals surface area contributed by atoms with Crippen molar-refractivity contribution in [3.63, 3.8) is 0 Å². The molecular formula is C13H16BrNO3. The lowest BCUT2D eigenvalue weighted by Gasteiger charge is -2.05. The molecule has 18 heavy (non-hydrogen) atoms. The summed E-state index contributed by atoms with van der Waals surface area (Å²) >= 11 is 3.30. The van der Waals surface area contributed by atoms with Crippen molar-refractivity contribution in [3.8, 4) is 0 Å². The number of Topliss-reactive ketones (excluding diaryl/α,β-unsaturated/α-hetero) is 1. The van der Waals surface area contributed by atoms with E-state index in [0.29, 0.717) is 29.7 Å². The zero-order valence-corrected chi connectivity index (χ0v) is 12.1. The molecule has 0 bridgehead atoms. The number of hydrogen-bond acceptors (Lipinski definition) is 3. The Bertz CT molecular complexity index is 458. The number of hydrogen-bond donors (Lipinski definition) is 0. The Balaban J connectivity index is 2.63. The van der Waals surface area contributed by atoms with Gasteiger partial charge in [-0.25, -0.2) is 0 Å². The minimum Gasteiger partial charge on any atom is -0.300 e. The Morgan fingerprint density at radius 1 is 1.44 bits per heavy atom. The fourth-order valence-corrected chi connectivity index (χ4v) is 2.25. The highest BCUT2D eigenvalue weighted by atomic mass is 79.9. The molecule has 0 saturated heterocycles. The molecule has 0 heterocycles. The molecule has 1 aromatic rings. The Morgan fingerprint density at radius 3 is 2.61 bits per heavy atom. The number of non-ortho nitro benzene ring substituents is 1. The number of aryl methyl sites for hydroxylation is 1. The molecule has 0 fully saturated rings. The van der Waals surface area contributed by atoms with E-state index in [9.17, 15) is 14.9 Å². The van der Waals surface area contributed by atoms with Gasteiger partial charge in [-0.15, -0.1) is 0 Å². The van der Waals surface area contributed by atoms with Crippen molar-refractivity contribution < 1.29 is 9.72 Å². The van der Waals surface area contributed by atoms with Gasteiger partial charge >= 0.3 is 0 Å². The first-order valence-electron chi connectivity index (χ1n) is 5.84. The van der Waals surface area contributed by atoms with Crippen LogP contribution in [0.3, 0.4) is 0 Å². The molecule has 0 radical (unpaired) electrons. The molecular weight excluding hydrogens is 298 g/mol. The fourth-order valence-electron chi connectivity index (χ4n) is 1.68. The number of benzene rings is 1. The standard InChI is InChI=1S/C13H16BrNO3/c1-9(2)7-12(16)6-4-10-3-5-11(15(17)18)8-13(10)14/h3,5,8-9H,4,6-7H2,1-2H3. The highest BCUT2D eigenvalue weighted by Crippen LogP contribution is 2.24. The molecule has 0 amide bonds. The van der Waals surface area contributed by atoms with Crippen LogP contribution >= 0.6 is 15.9 Å². The summed E-state index contributed by atoms with van der Waals surface area (Å²) < 4.78 is 0.689. The lowest BCUT2D eigenvalue weighted by molar-refractivity contribution is -0.384. The molecule has 0 atom stereocenters. The number of carbonyl (C=O) groups is 1. The summed E-state index contributed by atoms with van der Waals surface area (Å²) in [6.07, 6.45) is 1.68. The number of rotatable bonds is 6. The first-order chi connectivity index (χ1) is 8.40. The van der Waals surface area contributed by atoms with Crippen LogP contribution in [0.15, 0.2) is 22.7 Å². The van der Waals surface area contributed by atoms with Crippen molar-refractivity contribution in [2.45, 2.75) is 33.1 Å². The van der Waals surface area contributed by atoms with E-state index in [1.54, 1.807) is 6.07 Å². The number of nitro benzene ring substituents is 1. The molecule has 0 aromatic heterocycles. The second kappa shape index (κ2) is 6.64. The van der Waals surface area contributed by atoms with Crippen LogP contribution in [0.2, 0.25) is 0 Å². The van der Waals surface area contributed by atoms with Gasteiger partial charge in [-0.05, 0) is 17.9 Å². The second-order valence-electron chi connectivity index (χ2n) is 4.67. The number of nitro groups is 1. The summed E-state index contributed by atoms with van der Waals surface area (Å²) in [6.45, 7) is 4.03. The monoisotopic (exact) mass is 313 g/mol. The van der Waals surface area contributed by atoms with Crippen LogP contribution in [0.25, 0.3) is 0 Å². The highest BCUT2D eigenvalue weighted by Gasteiger charge is 2.11. The Morgan fingerprint density at radius 2 is 2.11 bits per heavy atom. The normalized spacial score (nSPS) is 10.7. The van der Waals surface area contributed by atoms with Crippen LogP contribution in [-0.2, 0) is 11.2 Å². The van der Waals surface area contributed by atoms with Gasteiger partial charge in [-0.3, -0.25) is 14.9 Å². The first-order valence-corrected chi connectivity index (χ1v) is 6.64. The minimum atomic E-state index is -0.432. The smallest absolute Gasteiger partial charge is 0.270 e. The van der Waals surface area contributed by atoms with Gasteiger partial charge in [0.2, 0.25) is 0 Å². The quantitative estimate of drug-likeness (QED) is 0.591. The maximum Gasteiger partial charge on any atom is 0.270 e. The van der Waals surface area contributed by atoms with Crippen LogP contribution in [0.4, 0.5) is 5.69 Å². The van der Waals surface area contributed by atoms with E-state index in [1.807, 2.05) is 13.8 Å². The van der Waals surface area contributed by atoms with Crippen LogP contribution in [0.1, 0.15) is 32.3 Å². The number of carbonyl (C=O) groups excluding carboxylic acids is 1. The molecule has 5 heteroatoms. The van der Waals surface area contributed by atoms with Crippen molar-refractivity contribution in [2.24, 2.45) is 5.92 Å². The maximum atomic E-state index is 11.6. The van der Waals surface area contributed by atoms with Crippen LogP contribution in [0, 0.1) is 16.0 Å². The largest absolute Gasteiger partial charge is 0.300 e. The van der Waals surface area contributed by atoms with E-state index in [0.717, 1.165) is 5.56 Å². The summed E-state index contributed by atoms with van der Waals surface area (Å²) in [5.41, 5.74) is 0.983. The zero-order valence-electron chi connectivity index (χ0n) is 10.5. The predicted octanol–water partition coefficient (Wildman–Crippen LogP) is 3.91. The van der Waals surface area contributed by atoms with Gasteiger partial charge in [0.05, 0.1) is 4.92 Å². The van der Waals surface area contributed by atoms with Gasteiger partial charge in [-0.1, -0.05) is 35.8 Å². The topological polar surface area (TPSA) is 60.2 Å². The average Bonchev–Trinajstić information content (AvgIpc) is 2.26. The Hall–Kier alpha value is -1.23. The molecule has 0 N–H and O–H groups in total. The van der Waals surface area contributed by atoms with Gasteiger partial charge < -0.3 is 0 Å². The van der Waals surface area contributed by atoms with E-state index >= 15 is 0 Å². The first kappa shape index (κ1) is 14.8. The minimum absolute atomic E-state index is 0.0548. The molecule has 0 unspecified atom stereocenters. The predicted molar refractivity (Wildman–Crippen MR) is 73.6 cm³/mol. The zero-order chi connectivity index (χ0) is 13.7. The third-order valence-electron chi connectivity index (χ3n) is 2.56. The molecule has 98 valence electrons. The second-order valence-corrected chi connectivity index (χ2v) is 5.52. The van der Waals surface area contributed by atoms with Crippen molar-refractivity contribution in [2.75, 3.05) is 0 Å². The lowest BCUT2D eigenvalue weighted by atomic mass is 10.0. The molecule has 0 aliphatic rings. The van der Waals surface area contributed by atoms with Gasteiger partial charge in [0.1, 0.15) is 5.78 Å². The number of ketones is 1. The molecule has 0 aliphatic carbocycles. The third kappa shape index (κ3) is 4.56. The van der Waals surface area contributed by atoms with Crippen molar-refractivity contribution in [1.82, 2.24) is 0 Å². The summed E-state index contributed by atoms with van der Waals surface area (Å²) in [5.74, 6) is 0.605. The van der Waals surface area contributed by atoms with Gasteiger partial charge in [0, 0.05) is 29.4 Å². The SMILES string of the molecule is CC(C)CC(=O)CCc1ccc([N+](=O)[O-])cc1Br. The van der Waals surface area contributed by atoms with Crippen LogP contribution in [-0.4, -0.2) is 10.7 Å². The fraction of sp³-hybridized carbons (Fsp3) is 0.462. The highest BCUT2D eigenvalue weighted by molar-refractivity contribution is 9.10. The molecule has 0 aliphatic heterocycles. The summed E-state index contributed by atoms with van der Waals surface area (Å²) in [6, 6.07) is 4.64. The van der Waals surface area contributed by atoms with Crippen molar-refractivity contribution in [3.05, 3.63) is 38.3 Å². The van der Waals surface area contributed by atoms with E-state index in [2.05, 4.69) is 15.9 Å². The van der Waals surface area contributed by atoms with Gasteiger partial charge in [0.25, 0.3) is 5.69 Å². The number of halogens is 1. The lowest BCUT2D eigenvalue weighted by Crippen LogP contribution is -2.04. The van der Waals surface area contributed by atoms with Crippen molar-refractivity contribution >= 4 is 27.4 Å². The van der Waals surface area contributed by atoms with Crippen molar-refractivity contribution in [1.29, 1.82) is 0 Å². The summed E-state index contributed by atoms with van der Waals surface area (Å²) in [7, 11) is 0. The summed E-state index contributed by atoms with van der Waals surface area (Å²) in [5, 5.41) is 10.6. The van der Waals surface area contributed by atoms with E-state index < -0.39 is 4.92 Å². The van der Waals surface area contributed by atoms with Gasteiger partial charge in [0.15, 0.2) is 0 Å².